The van der Waals surface area contributed by atoms with Crippen molar-refractivity contribution in [3.63, 3.8) is 0 Å². The molecule has 0 spiro atoms. The summed E-state index contributed by atoms with van der Waals surface area (Å²) in [5, 5.41) is 8.81. The zero-order chi connectivity index (χ0) is 32.2. The number of halogens is 3. The Bertz CT molecular complexity index is 1580. The fourth-order valence-corrected chi connectivity index (χ4v) is 4.06. The van der Waals surface area contributed by atoms with Crippen LogP contribution >= 0.6 is 0 Å². The highest BCUT2D eigenvalue weighted by Gasteiger charge is 2.29. The van der Waals surface area contributed by atoms with Crippen molar-refractivity contribution >= 4 is 39.4 Å². The van der Waals surface area contributed by atoms with Gasteiger partial charge in [0, 0.05) is 23.2 Å². The Hall–Kier alpha value is -5.19. The number of amides is 2. The number of carbonyl (C=O) groups excluding carboxylic acids is 2. The maximum atomic E-state index is 12.7. The Balaban J connectivity index is 1.67. The standard InChI is InChI=1S/C27H28F3N7O6S/c1-3-13-42-21-11-5-18(6-12-21)15-32-24-34-25(36-26(35-24)43-17-27(28,29)30)33-20-9-7-19(8-10-20)23(39)31-16-22(38)37-44(40,41)14-4-2/h3-12,14H,1,13,15-17H2,2H3,(H,31,39)(H,37,38)(H2,32,33,34,35,36). The summed E-state index contributed by atoms with van der Waals surface area (Å²) in [7, 11) is -3.95. The van der Waals surface area contributed by atoms with Gasteiger partial charge in [-0.2, -0.15) is 28.1 Å². The van der Waals surface area contributed by atoms with Gasteiger partial charge in [-0.05, 0) is 48.9 Å². The summed E-state index contributed by atoms with van der Waals surface area (Å²) in [6.45, 7) is 3.39. The molecule has 0 atom stereocenters. The minimum absolute atomic E-state index is 0.0719. The first kappa shape index (κ1) is 33.3. The molecular formula is C27H28F3N7O6S. The third-order valence-corrected chi connectivity index (χ3v) is 6.25. The number of aromatic nitrogens is 3. The van der Waals surface area contributed by atoms with Crippen LogP contribution in [0.5, 0.6) is 11.8 Å². The van der Waals surface area contributed by atoms with Crippen molar-refractivity contribution in [1.82, 2.24) is 25.0 Å². The maximum Gasteiger partial charge on any atom is 0.422 e. The molecule has 3 rings (SSSR count). The molecule has 3 aromatic rings. The van der Waals surface area contributed by atoms with Crippen molar-refractivity contribution in [2.45, 2.75) is 19.6 Å². The highest BCUT2D eigenvalue weighted by molar-refractivity contribution is 7.92. The number of nitrogens with one attached hydrogen (secondary N) is 4. The molecule has 0 saturated carbocycles. The van der Waals surface area contributed by atoms with E-state index in [0.717, 1.165) is 11.0 Å². The second-order valence-corrected chi connectivity index (χ2v) is 10.3. The number of sulfonamides is 1. The smallest absolute Gasteiger partial charge is 0.422 e. The van der Waals surface area contributed by atoms with Gasteiger partial charge >= 0.3 is 12.2 Å². The molecule has 0 aliphatic carbocycles. The molecule has 1 heterocycles. The van der Waals surface area contributed by atoms with Crippen LogP contribution in [-0.4, -0.2) is 61.1 Å². The molecule has 44 heavy (non-hydrogen) atoms. The first-order valence-electron chi connectivity index (χ1n) is 12.7. The lowest BCUT2D eigenvalue weighted by Gasteiger charge is -2.12. The average molecular weight is 636 g/mol. The average Bonchev–Trinajstić information content (AvgIpc) is 2.97. The molecule has 0 saturated heterocycles. The van der Waals surface area contributed by atoms with Gasteiger partial charge in [0.05, 0.1) is 6.54 Å². The van der Waals surface area contributed by atoms with Gasteiger partial charge in [0.15, 0.2) is 6.61 Å². The van der Waals surface area contributed by atoms with E-state index in [2.05, 4.69) is 37.5 Å². The van der Waals surface area contributed by atoms with Gasteiger partial charge < -0.3 is 25.4 Å². The van der Waals surface area contributed by atoms with Crippen molar-refractivity contribution in [3.05, 3.63) is 83.8 Å². The Morgan fingerprint density at radius 1 is 0.977 bits per heavy atom. The zero-order valence-corrected chi connectivity index (χ0v) is 24.0. The number of anilines is 3. The minimum Gasteiger partial charge on any atom is -0.490 e. The van der Waals surface area contributed by atoms with Gasteiger partial charge in [-0.3, -0.25) is 9.59 Å². The predicted octanol–water partition coefficient (Wildman–Crippen LogP) is 3.44. The molecule has 17 heteroatoms. The first-order valence-corrected chi connectivity index (χ1v) is 14.3. The van der Waals surface area contributed by atoms with Crippen molar-refractivity contribution in [3.8, 4) is 11.8 Å². The highest BCUT2D eigenvalue weighted by atomic mass is 32.2. The lowest BCUT2D eigenvalue weighted by Crippen LogP contribution is -2.39. The minimum atomic E-state index is -4.62. The predicted molar refractivity (Wildman–Crippen MR) is 155 cm³/mol. The molecule has 4 N–H and O–H groups in total. The van der Waals surface area contributed by atoms with E-state index in [0.29, 0.717) is 18.0 Å². The summed E-state index contributed by atoms with van der Waals surface area (Å²) in [6.07, 6.45) is -1.78. The van der Waals surface area contributed by atoms with Crippen LogP contribution in [0.15, 0.2) is 72.7 Å². The molecule has 0 unspecified atom stereocenters. The van der Waals surface area contributed by atoms with E-state index in [9.17, 15) is 31.2 Å². The number of carbonyl (C=O) groups is 2. The molecule has 0 aliphatic heterocycles. The third kappa shape index (κ3) is 11.6. The fourth-order valence-electron chi connectivity index (χ4n) is 3.25. The van der Waals surface area contributed by atoms with Gasteiger partial charge in [-0.25, -0.2) is 13.1 Å². The number of hydrogen-bond donors (Lipinski definition) is 4. The normalized spacial score (nSPS) is 11.5. The lowest BCUT2D eigenvalue weighted by molar-refractivity contribution is -0.154. The van der Waals surface area contributed by atoms with Crippen LogP contribution in [0.2, 0.25) is 0 Å². The largest absolute Gasteiger partial charge is 0.490 e. The number of allylic oxidation sites excluding steroid dienone is 1. The molecule has 0 fully saturated rings. The summed E-state index contributed by atoms with van der Waals surface area (Å²) >= 11 is 0. The van der Waals surface area contributed by atoms with Crippen LogP contribution in [0.25, 0.3) is 0 Å². The lowest BCUT2D eigenvalue weighted by atomic mass is 10.2. The monoisotopic (exact) mass is 635 g/mol. The molecule has 0 radical (unpaired) electrons. The van der Waals surface area contributed by atoms with E-state index >= 15 is 0 Å². The van der Waals surface area contributed by atoms with Crippen LogP contribution in [0.3, 0.4) is 0 Å². The molecule has 0 bridgehead atoms. The quantitative estimate of drug-likeness (QED) is 0.180. The number of rotatable bonds is 15. The number of nitrogens with zero attached hydrogens (tertiary/aromatic N) is 3. The molecule has 0 aliphatic rings. The second kappa shape index (κ2) is 15.3. The molecular weight excluding hydrogens is 607 g/mol. The van der Waals surface area contributed by atoms with E-state index in [4.69, 9.17) is 9.47 Å². The van der Waals surface area contributed by atoms with Gasteiger partial charge in [0.25, 0.3) is 21.8 Å². The summed E-state index contributed by atoms with van der Waals surface area (Å²) < 4.78 is 73.3. The van der Waals surface area contributed by atoms with E-state index in [-0.39, 0.29) is 24.0 Å². The van der Waals surface area contributed by atoms with Crippen LogP contribution in [0.4, 0.5) is 30.8 Å². The van der Waals surface area contributed by atoms with Crippen molar-refractivity contribution < 1.29 is 40.7 Å². The maximum absolute atomic E-state index is 12.7. The van der Waals surface area contributed by atoms with E-state index in [1.54, 1.807) is 35.1 Å². The van der Waals surface area contributed by atoms with Gasteiger partial charge in [0.1, 0.15) is 12.4 Å². The number of benzene rings is 2. The SMILES string of the molecule is C=CCOc1ccc(CNc2nc(Nc3ccc(C(=O)NCC(=O)NS(=O)(=O)C=CC)cc3)nc(OCC(F)(F)F)n2)cc1. The van der Waals surface area contributed by atoms with Crippen LogP contribution < -0.4 is 30.1 Å². The Kier molecular flexibility index (Phi) is 11.6. The second-order valence-electron chi connectivity index (χ2n) is 8.69. The molecule has 2 amide bonds. The first-order chi connectivity index (χ1) is 20.9. The summed E-state index contributed by atoms with van der Waals surface area (Å²) in [6, 6.07) is 12.1. The molecule has 234 valence electrons. The van der Waals surface area contributed by atoms with Crippen molar-refractivity contribution in [2.24, 2.45) is 0 Å². The van der Waals surface area contributed by atoms with Crippen LogP contribution in [0.1, 0.15) is 22.8 Å². The van der Waals surface area contributed by atoms with Gasteiger partial charge in [0.2, 0.25) is 11.9 Å². The number of ether oxygens (including phenoxy) is 2. The topological polar surface area (TPSA) is 174 Å². The summed E-state index contributed by atoms with van der Waals surface area (Å²) in [5.41, 5.74) is 1.29. The van der Waals surface area contributed by atoms with E-state index < -0.39 is 47.2 Å². The molecule has 13 nitrogen and oxygen atoms in total. The van der Waals surface area contributed by atoms with E-state index in [1.165, 1.54) is 37.3 Å². The molecule has 2 aromatic carbocycles. The summed E-state index contributed by atoms with van der Waals surface area (Å²) in [5.74, 6) is -1.19. The highest BCUT2D eigenvalue weighted by Crippen LogP contribution is 2.21. The van der Waals surface area contributed by atoms with E-state index in [1.807, 2.05) is 0 Å². The van der Waals surface area contributed by atoms with Gasteiger partial charge in [-0.1, -0.05) is 30.9 Å². The Labute approximate surface area is 250 Å². The van der Waals surface area contributed by atoms with Crippen LogP contribution in [-0.2, 0) is 21.4 Å². The Morgan fingerprint density at radius 2 is 1.66 bits per heavy atom. The van der Waals surface area contributed by atoms with Crippen molar-refractivity contribution in [2.75, 3.05) is 30.4 Å². The number of alkyl halides is 3. The van der Waals surface area contributed by atoms with Crippen LogP contribution in [0, 0.1) is 0 Å². The third-order valence-electron chi connectivity index (χ3n) is 5.11. The van der Waals surface area contributed by atoms with Crippen molar-refractivity contribution in [1.29, 1.82) is 0 Å². The number of hydrogen-bond acceptors (Lipinski definition) is 11. The Morgan fingerprint density at radius 3 is 2.30 bits per heavy atom. The van der Waals surface area contributed by atoms with Gasteiger partial charge in [-0.15, -0.1) is 0 Å². The summed E-state index contributed by atoms with van der Waals surface area (Å²) in [4.78, 5) is 36.1. The fraction of sp³-hybridized carbons (Fsp3) is 0.222. The zero-order valence-electron chi connectivity index (χ0n) is 23.2. The molecule has 1 aromatic heterocycles.